The first-order valence-corrected chi connectivity index (χ1v) is 10.6. The second kappa shape index (κ2) is 13.1. The van der Waals surface area contributed by atoms with Crippen molar-refractivity contribution in [2.24, 2.45) is 4.99 Å². The average Bonchev–Trinajstić information content (AvgIpc) is 3.19. The van der Waals surface area contributed by atoms with E-state index in [9.17, 15) is 4.79 Å². The number of likely N-dealkylation sites (tertiary alicyclic amines) is 1. The van der Waals surface area contributed by atoms with E-state index in [1.54, 1.807) is 14.2 Å². The highest BCUT2D eigenvalue weighted by Gasteiger charge is 2.19. The van der Waals surface area contributed by atoms with Gasteiger partial charge in [0.2, 0.25) is 5.91 Å². The quantitative estimate of drug-likeness (QED) is 0.293. The summed E-state index contributed by atoms with van der Waals surface area (Å²) in [6.45, 7) is 3.45. The largest absolute Gasteiger partial charge is 0.497 e. The first kappa shape index (κ1) is 25.8. The van der Waals surface area contributed by atoms with Crippen molar-refractivity contribution in [2.45, 2.75) is 25.9 Å². The van der Waals surface area contributed by atoms with E-state index in [1.165, 1.54) is 0 Å². The van der Waals surface area contributed by atoms with Crippen LogP contribution in [0.15, 0.2) is 53.5 Å². The molecule has 0 bridgehead atoms. The van der Waals surface area contributed by atoms with Crippen LogP contribution in [0, 0.1) is 0 Å². The minimum Gasteiger partial charge on any atom is -0.497 e. The molecule has 2 aromatic rings. The summed E-state index contributed by atoms with van der Waals surface area (Å²) in [5.74, 6) is 2.68. The van der Waals surface area contributed by atoms with Crippen LogP contribution in [0.5, 0.6) is 11.5 Å². The second-order valence-corrected chi connectivity index (χ2v) is 7.59. The van der Waals surface area contributed by atoms with Gasteiger partial charge in [0, 0.05) is 40.2 Å². The van der Waals surface area contributed by atoms with Gasteiger partial charge in [-0.25, -0.2) is 0 Å². The number of carbonyl (C=O) groups excluding carboxylic acids is 1. The maximum Gasteiger partial charge on any atom is 0.222 e. The molecule has 0 unspecified atom stereocenters. The van der Waals surface area contributed by atoms with E-state index in [-0.39, 0.29) is 29.9 Å². The molecule has 2 aromatic carbocycles. The molecule has 0 saturated carbocycles. The van der Waals surface area contributed by atoms with Gasteiger partial charge >= 0.3 is 0 Å². The van der Waals surface area contributed by atoms with Crippen LogP contribution >= 0.6 is 24.0 Å². The fourth-order valence-corrected chi connectivity index (χ4v) is 3.57. The van der Waals surface area contributed by atoms with Gasteiger partial charge in [0.25, 0.3) is 0 Å². The minimum atomic E-state index is 0. The zero-order valence-corrected chi connectivity index (χ0v) is 21.4. The highest BCUT2D eigenvalue weighted by atomic mass is 127. The zero-order valence-electron chi connectivity index (χ0n) is 19.0. The molecule has 1 saturated heterocycles. The Morgan fingerprint density at radius 2 is 1.88 bits per heavy atom. The Morgan fingerprint density at radius 1 is 1.16 bits per heavy atom. The van der Waals surface area contributed by atoms with Gasteiger partial charge in [-0.3, -0.25) is 9.79 Å². The van der Waals surface area contributed by atoms with Crippen LogP contribution in [-0.4, -0.2) is 62.6 Å². The molecule has 0 spiro atoms. The number of ether oxygens (including phenoxy) is 2. The first-order valence-electron chi connectivity index (χ1n) is 10.6. The van der Waals surface area contributed by atoms with Gasteiger partial charge in [-0.15, -0.1) is 24.0 Å². The third kappa shape index (κ3) is 7.58. The maximum atomic E-state index is 11.9. The molecule has 1 aliphatic rings. The maximum absolute atomic E-state index is 11.9. The van der Waals surface area contributed by atoms with Crippen molar-refractivity contribution in [3.05, 3.63) is 59.7 Å². The molecule has 1 fully saturated rings. The molecule has 174 valence electrons. The summed E-state index contributed by atoms with van der Waals surface area (Å²) in [5, 5.41) is 3.40. The molecule has 8 heteroatoms. The summed E-state index contributed by atoms with van der Waals surface area (Å²) < 4.78 is 11.0. The van der Waals surface area contributed by atoms with Crippen molar-refractivity contribution >= 4 is 35.8 Å². The molecular weight excluding hydrogens is 519 g/mol. The Balaban J connectivity index is 0.00000363. The van der Waals surface area contributed by atoms with Crippen LogP contribution < -0.4 is 14.8 Å². The van der Waals surface area contributed by atoms with Crippen LogP contribution in [0.4, 0.5) is 0 Å². The van der Waals surface area contributed by atoms with Gasteiger partial charge in [0.15, 0.2) is 5.96 Å². The standard InChI is InChI=1S/C24H32N4O3.HI/c1-25-24(27(2)14-15-31-22-11-9-21(30-3)10-12-22)26-17-19-6-4-7-20(16-19)18-28-13-5-8-23(28)29;/h4,6-7,9-12,16H,5,8,13-15,17-18H2,1-3H3,(H,25,26);1H. The van der Waals surface area contributed by atoms with Crippen molar-refractivity contribution in [3.8, 4) is 11.5 Å². The van der Waals surface area contributed by atoms with Crippen molar-refractivity contribution in [3.63, 3.8) is 0 Å². The van der Waals surface area contributed by atoms with Gasteiger partial charge in [-0.2, -0.15) is 0 Å². The summed E-state index contributed by atoms with van der Waals surface area (Å²) in [5.41, 5.74) is 2.32. The summed E-state index contributed by atoms with van der Waals surface area (Å²) in [7, 11) is 5.41. The number of carbonyl (C=O) groups is 1. The SMILES string of the molecule is CN=C(NCc1cccc(CN2CCCC2=O)c1)N(C)CCOc1ccc(OC)cc1.I. The average molecular weight is 552 g/mol. The number of nitrogens with one attached hydrogen (secondary N) is 1. The smallest absolute Gasteiger partial charge is 0.222 e. The lowest BCUT2D eigenvalue weighted by Crippen LogP contribution is -2.40. The van der Waals surface area contributed by atoms with Gasteiger partial charge in [0.05, 0.1) is 13.7 Å². The number of likely N-dealkylation sites (N-methyl/N-ethyl adjacent to an activating group) is 1. The molecule has 0 atom stereocenters. The van der Waals surface area contributed by atoms with E-state index in [4.69, 9.17) is 9.47 Å². The van der Waals surface area contributed by atoms with Crippen LogP contribution in [-0.2, 0) is 17.9 Å². The number of amides is 1. The highest BCUT2D eigenvalue weighted by Crippen LogP contribution is 2.17. The van der Waals surface area contributed by atoms with E-state index < -0.39 is 0 Å². The van der Waals surface area contributed by atoms with Crippen LogP contribution in [0.2, 0.25) is 0 Å². The number of hydrogen-bond donors (Lipinski definition) is 1. The van der Waals surface area contributed by atoms with Crippen molar-refractivity contribution < 1.29 is 14.3 Å². The molecule has 0 radical (unpaired) electrons. The van der Waals surface area contributed by atoms with Gasteiger partial charge in [0.1, 0.15) is 18.1 Å². The van der Waals surface area contributed by atoms with Crippen LogP contribution in [0.3, 0.4) is 0 Å². The topological polar surface area (TPSA) is 66.4 Å². The Hall–Kier alpha value is -2.49. The third-order valence-corrected chi connectivity index (χ3v) is 5.32. The predicted octanol–water partition coefficient (Wildman–Crippen LogP) is 3.52. The first-order chi connectivity index (χ1) is 15.1. The highest BCUT2D eigenvalue weighted by molar-refractivity contribution is 14.0. The van der Waals surface area contributed by atoms with Crippen molar-refractivity contribution in [1.29, 1.82) is 0 Å². The Kier molecular flexibility index (Phi) is 10.6. The number of halogens is 1. The number of methoxy groups -OCH3 is 1. The van der Waals surface area contributed by atoms with Gasteiger partial charge in [-0.05, 0) is 41.8 Å². The van der Waals surface area contributed by atoms with Crippen molar-refractivity contribution in [2.75, 3.05) is 40.9 Å². The number of hydrogen-bond acceptors (Lipinski definition) is 4. The summed E-state index contributed by atoms with van der Waals surface area (Å²) in [4.78, 5) is 20.2. The Labute approximate surface area is 207 Å². The lowest BCUT2D eigenvalue weighted by Gasteiger charge is -2.22. The number of rotatable bonds is 9. The lowest BCUT2D eigenvalue weighted by atomic mass is 10.1. The minimum absolute atomic E-state index is 0. The van der Waals surface area contributed by atoms with E-state index in [0.717, 1.165) is 41.6 Å². The summed E-state index contributed by atoms with van der Waals surface area (Å²) in [6, 6.07) is 15.9. The summed E-state index contributed by atoms with van der Waals surface area (Å²) >= 11 is 0. The number of aliphatic imine (C=N–C) groups is 1. The lowest BCUT2D eigenvalue weighted by molar-refractivity contribution is -0.128. The fraction of sp³-hybridized carbons (Fsp3) is 0.417. The van der Waals surface area contributed by atoms with Gasteiger partial charge in [-0.1, -0.05) is 24.3 Å². The normalized spacial score (nSPS) is 13.5. The molecular formula is C24H33IN4O3. The molecule has 3 rings (SSSR count). The van der Waals surface area contributed by atoms with Crippen LogP contribution in [0.25, 0.3) is 0 Å². The fourth-order valence-electron chi connectivity index (χ4n) is 3.57. The van der Waals surface area contributed by atoms with Crippen LogP contribution in [0.1, 0.15) is 24.0 Å². The molecule has 1 heterocycles. The number of guanidine groups is 1. The molecule has 1 N–H and O–H groups in total. The zero-order chi connectivity index (χ0) is 22.1. The second-order valence-electron chi connectivity index (χ2n) is 7.59. The molecule has 32 heavy (non-hydrogen) atoms. The Morgan fingerprint density at radius 3 is 2.53 bits per heavy atom. The third-order valence-electron chi connectivity index (χ3n) is 5.32. The molecule has 7 nitrogen and oxygen atoms in total. The Bertz CT molecular complexity index is 889. The van der Waals surface area contributed by atoms with E-state index in [0.29, 0.717) is 32.7 Å². The van der Waals surface area contributed by atoms with Crippen molar-refractivity contribution in [1.82, 2.24) is 15.1 Å². The number of nitrogens with zero attached hydrogens (tertiary/aromatic N) is 3. The molecule has 1 aliphatic heterocycles. The van der Waals surface area contributed by atoms with E-state index in [2.05, 4.69) is 28.5 Å². The molecule has 0 aliphatic carbocycles. The predicted molar refractivity (Wildman–Crippen MR) is 138 cm³/mol. The van der Waals surface area contributed by atoms with E-state index in [1.807, 2.05) is 47.2 Å². The van der Waals surface area contributed by atoms with Gasteiger partial charge < -0.3 is 24.6 Å². The number of benzene rings is 2. The molecule has 1 amide bonds. The summed E-state index contributed by atoms with van der Waals surface area (Å²) in [6.07, 6.45) is 1.64. The van der Waals surface area contributed by atoms with E-state index >= 15 is 0 Å². The monoisotopic (exact) mass is 552 g/mol. The molecule has 0 aromatic heterocycles.